The fourth-order valence-corrected chi connectivity index (χ4v) is 1.79. The van der Waals surface area contributed by atoms with Gasteiger partial charge in [0.05, 0.1) is 12.3 Å². The van der Waals surface area contributed by atoms with Gasteiger partial charge in [-0.15, -0.1) is 0 Å². The Morgan fingerprint density at radius 2 is 2.11 bits per heavy atom. The van der Waals surface area contributed by atoms with Crippen LogP contribution in [-0.4, -0.2) is 11.7 Å². The zero-order valence-electron chi connectivity index (χ0n) is 10.7. The minimum absolute atomic E-state index is 0.0647. The number of furan rings is 2. The van der Waals surface area contributed by atoms with E-state index in [-0.39, 0.29) is 6.04 Å². The van der Waals surface area contributed by atoms with Crippen LogP contribution in [0.25, 0.3) is 0 Å². The van der Waals surface area contributed by atoms with Gasteiger partial charge in [-0.1, -0.05) is 6.92 Å². The molecule has 2 rings (SSSR count). The van der Waals surface area contributed by atoms with Gasteiger partial charge in [0.15, 0.2) is 0 Å². The number of rotatable bonds is 6. The first kappa shape index (κ1) is 12.9. The molecule has 0 aromatic carbocycles. The highest BCUT2D eigenvalue weighted by Crippen LogP contribution is 2.18. The lowest BCUT2D eigenvalue weighted by atomic mass is 10.2. The van der Waals surface area contributed by atoms with Gasteiger partial charge in [-0.2, -0.15) is 0 Å². The van der Waals surface area contributed by atoms with Crippen molar-refractivity contribution in [2.45, 2.75) is 32.4 Å². The van der Waals surface area contributed by atoms with E-state index in [1.807, 2.05) is 19.1 Å². The smallest absolute Gasteiger partial charge is 0.133 e. The molecule has 0 aliphatic heterocycles. The molecule has 0 fully saturated rings. The Kier molecular flexibility index (Phi) is 4.23. The summed E-state index contributed by atoms with van der Waals surface area (Å²) < 4.78 is 10.8. The Hall–Kier alpha value is -1.52. The van der Waals surface area contributed by atoms with E-state index in [1.54, 1.807) is 18.4 Å². The maximum Gasteiger partial charge on any atom is 0.133 e. The predicted octanol–water partition coefficient (Wildman–Crippen LogP) is 2.82. The third-order valence-electron chi connectivity index (χ3n) is 2.95. The summed E-state index contributed by atoms with van der Waals surface area (Å²) in [5, 5.41) is 13.1. The lowest BCUT2D eigenvalue weighted by Gasteiger charge is -2.14. The monoisotopic (exact) mass is 249 g/mol. The van der Waals surface area contributed by atoms with Crippen molar-refractivity contribution in [1.82, 2.24) is 5.32 Å². The number of aliphatic hydroxyl groups excluding tert-OH is 1. The topological polar surface area (TPSA) is 58.5 Å². The fraction of sp³-hybridized carbons (Fsp3) is 0.429. The minimum Gasteiger partial charge on any atom is -0.467 e. The van der Waals surface area contributed by atoms with E-state index in [0.717, 1.165) is 17.9 Å². The van der Waals surface area contributed by atoms with Crippen molar-refractivity contribution in [3.63, 3.8) is 0 Å². The zero-order chi connectivity index (χ0) is 13.0. The molecule has 2 N–H and O–H groups in total. The summed E-state index contributed by atoms with van der Waals surface area (Å²) in [5.74, 6) is 2.44. The molecule has 0 saturated heterocycles. The van der Waals surface area contributed by atoms with Crippen LogP contribution in [0.4, 0.5) is 0 Å². The van der Waals surface area contributed by atoms with E-state index >= 15 is 0 Å². The minimum atomic E-state index is -0.636. The highest BCUT2D eigenvalue weighted by atomic mass is 16.4. The molecule has 98 valence electrons. The summed E-state index contributed by atoms with van der Waals surface area (Å²) in [4.78, 5) is 0. The van der Waals surface area contributed by atoms with Crippen LogP contribution in [0.15, 0.2) is 39.4 Å². The summed E-state index contributed by atoms with van der Waals surface area (Å²) in [5.41, 5.74) is 0. The van der Waals surface area contributed by atoms with E-state index in [9.17, 15) is 5.11 Å². The lowest BCUT2D eigenvalue weighted by molar-refractivity contribution is 0.143. The molecule has 0 bridgehead atoms. The molecule has 2 unspecified atom stereocenters. The Balaban J connectivity index is 1.86. The van der Waals surface area contributed by atoms with Gasteiger partial charge in [-0.05, 0) is 31.2 Å². The van der Waals surface area contributed by atoms with Crippen molar-refractivity contribution < 1.29 is 13.9 Å². The van der Waals surface area contributed by atoms with Gasteiger partial charge in [0.25, 0.3) is 0 Å². The van der Waals surface area contributed by atoms with Gasteiger partial charge in [-0.3, -0.25) is 0 Å². The quantitative estimate of drug-likeness (QED) is 0.826. The van der Waals surface area contributed by atoms with Gasteiger partial charge in [0.2, 0.25) is 0 Å². The van der Waals surface area contributed by atoms with Gasteiger partial charge in [-0.25, -0.2) is 0 Å². The molecule has 2 aromatic rings. The van der Waals surface area contributed by atoms with Gasteiger partial charge in [0.1, 0.15) is 23.4 Å². The third-order valence-corrected chi connectivity index (χ3v) is 2.95. The molecular formula is C14H19NO3. The summed E-state index contributed by atoms with van der Waals surface area (Å²) in [6.07, 6.45) is 1.81. The molecule has 4 nitrogen and oxygen atoms in total. The summed E-state index contributed by atoms with van der Waals surface area (Å²) in [7, 11) is 0. The molecule has 0 saturated carbocycles. The van der Waals surface area contributed by atoms with Crippen LogP contribution in [0.3, 0.4) is 0 Å². The number of aliphatic hydroxyl groups is 1. The lowest BCUT2D eigenvalue weighted by Crippen LogP contribution is -2.24. The molecule has 0 radical (unpaired) electrons. The van der Waals surface area contributed by atoms with Gasteiger partial charge < -0.3 is 19.3 Å². The van der Waals surface area contributed by atoms with Crippen LogP contribution in [0.2, 0.25) is 0 Å². The number of aryl methyl sites for hydroxylation is 1. The average molecular weight is 249 g/mol. The highest BCUT2D eigenvalue weighted by molar-refractivity contribution is 5.10. The molecule has 0 spiro atoms. The van der Waals surface area contributed by atoms with E-state index < -0.39 is 6.10 Å². The largest absolute Gasteiger partial charge is 0.467 e. The molecular weight excluding hydrogens is 230 g/mol. The van der Waals surface area contributed by atoms with Crippen molar-refractivity contribution in [3.05, 3.63) is 47.8 Å². The van der Waals surface area contributed by atoms with Crippen molar-refractivity contribution in [2.24, 2.45) is 0 Å². The molecule has 0 aliphatic rings. The van der Waals surface area contributed by atoms with Crippen LogP contribution < -0.4 is 5.32 Å². The van der Waals surface area contributed by atoms with Crippen LogP contribution in [0.1, 0.15) is 43.3 Å². The van der Waals surface area contributed by atoms with Crippen molar-refractivity contribution >= 4 is 0 Å². The SMILES string of the molecule is CCc1ccc(C(C)NCC(O)c2ccco2)o1. The molecule has 4 heteroatoms. The van der Waals surface area contributed by atoms with Gasteiger partial charge in [0, 0.05) is 13.0 Å². The second-order valence-electron chi connectivity index (χ2n) is 4.32. The molecule has 2 aromatic heterocycles. The second kappa shape index (κ2) is 5.89. The normalized spacial score (nSPS) is 14.6. The fourth-order valence-electron chi connectivity index (χ4n) is 1.79. The maximum atomic E-state index is 9.87. The predicted molar refractivity (Wildman–Crippen MR) is 68.2 cm³/mol. The highest BCUT2D eigenvalue weighted by Gasteiger charge is 2.14. The number of nitrogens with one attached hydrogen (secondary N) is 1. The van der Waals surface area contributed by atoms with E-state index in [4.69, 9.17) is 8.83 Å². The first-order chi connectivity index (χ1) is 8.70. The standard InChI is InChI=1S/C14H19NO3/c1-3-11-6-7-13(18-11)10(2)15-9-12(16)14-5-4-8-17-14/h4-8,10,12,15-16H,3,9H2,1-2H3. The van der Waals surface area contributed by atoms with Crippen LogP contribution >= 0.6 is 0 Å². The summed E-state index contributed by atoms with van der Waals surface area (Å²) in [6, 6.07) is 7.54. The summed E-state index contributed by atoms with van der Waals surface area (Å²) >= 11 is 0. The Bertz CT molecular complexity index is 461. The van der Waals surface area contributed by atoms with E-state index in [1.165, 1.54) is 0 Å². The number of hydrogen-bond donors (Lipinski definition) is 2. The molecule has 0 aliphatic carbocycles. The Morgan fingerprint density at radius 1 is 1.28 bits per heavy atom. The molecule has 0 amide bonds. The molecule has 2 heterocycles. The summed E-state index contributed by atoms with van der Waals surface area (Å²) in [6.45, 7) is 4.49. The van der Waals surface area contributed by atoms with Gasteiger partial charge >= 0.3 is 0 Å². The maximum absolute atomic E-state index is 9.87. The van der Waals surface area contributed by atoms with Crippen molar-refractivity contribution in [3.8, 4) is 0 Å². The first-order valence-electron chi connectivity index (χ1n) is 6.24. The number of hydrogen-bond acceptors (Lipinski definition) is 4. The van der Waals surface area contributed by atoms with Crippen LogP contribution in [-0.2, 0) is 6.42 Å². The van der Waals surface area contributed by atoms with E-state index in [0.29, 0.717) is 12.3 Å². The Labute approximate surface area is 107 Å². The van der Waals surface area contributed by atoms with Crippen molar-refractivity contribution in [1.29, 1.82) is 0 Å². The van der Waals surface area contributed by atoms with E-state index in [2.05, 4.69) is 12.2 Å². The van der Waals surface area contributed by atoms with Crippen molar-refractivity contribution in [2.75, 3.05) is 6.54 Å². The zero-order valence-corrected chi connectivity index (χ0v) is 10.7. The third kappa shape index (κ3) is 3.03. The average Bonchev–Trinajstić information content (AvgIpc) is 3.05. The first-order valence-corrected chi connectivity index (χ1v) is 6.24. The van der Waals surface area contributed by atoms with Crippen LogP contribution in [0, 0.1) is 0 Å². The van der Waals surface area contributed by atoms with Crippen LogP contribution in [0.5, 0.6) is 0 Å². The Morgan fingerprint density at radius 3 is 2.72 bits per heavy atom. The molecule has 2 atom stereocenters. The second-order valence-corrected chi connectivity index (χ2v) is 4.32. The molecule has 18 heavy (non-hydrogen) atoms.